The van der Waals surface area contributed by atoms with Gasteiger partial charge in [0, 0.05) is 38.6 Å². The monoisotopic (exact) mass is 412 g/mol. The van der Waals surface area contributed by atoms with E-state index in [0.29, 0.717) is 24.8 Å². The normalized spacial score (nSPS) is 34.5. The van der Waals surface area contributed by atoms with Crippen LogP contribution in [0.3, 0.4) is 0 Å². The molecular weight excluding hydrogens is 380 g/mol. The number of nitrogens with zero attached hydrogens (tertiary/aromatic N) is 2. The third-order valence-corrected chi connectivity index (χ3v) is 8.03. The molecule has 0 unspecified atom stereocenters. The Morgan fingerprint density at radius 3 is 2.80 bits per heavy atom. The third kappa shape index (κ3) is 3.39. The topological polar surface area (TPSA) is 63.0 Å². The van der Waals surface area contributed by atoms with Gasteiger partial charge in [-0.2, -0.15) is 0 Å². The van der Waals surface area contributed by atoms with Crippen LogP contribution in [-0.2, 0) is 9.53 Å². The van der Waals surface area contributed by atoms with Crippen LogP contribution in [0.15, 0.2) is 34.0 Å². The number of allylic oxidation sites excluding steroid dienone is 2. The van der Waals surface area contributed by atoms with Crippen LogP contribution in [0.5, 0.6) is 0 Å². The molecule has 5 rings (SSSR count). The van der Waals surface area contributed by atoms with E-state index in [1.807, 2.05) is 4.90 Å². The van der Waals surface area contributed by atoms with E-state index in [1.54, 1.807) is 23.3 Å². The lowest BCUT2D eigenvalue weighted by Crippen LogP contribution is -2.51. The van der Waals surface area contributed by atoms with Crippen LogP contribution >= 0.6 is 0 Å². The van der Waals surface area contributed by atoms with Crippen molar-refractivity contribution in [3.63, 3.8) is 0 Å². The molecule has 3 heterocycles. The number of furan rings is 1. The molecule has 2 saturated heterocycles. The van der Waals surface area contributed by atoms with Crippen molar-refractivity contribution in [2.75, 3.05) is 32.7 Å². The maximum atomic E-state index is 12.8. The van der Waals surface area contributed by atoms with Crippen molar-refractivity contribution >= 4 is 11.9 Å². The predicted octanol–water partition coefficient (Wildman–Crippen LogP) is 3.50. The van der Waals surface area contributed by atoms with Crippen molar-refractivity contribution < 1.29 is 18.7 Å². The SMILES string of the molecule is CC1=C2C[C@@H]3[C@H](C[C@@]2(C)CCC1)OC(=O)[C@@H]3CN1CCN(C(=O)c2ccco2)CC1. The van der Waals surface area contributed by atoms with E-state index < -0.39 is 0 Å². The molecule has 0 bridgehead atoms. The van der Waals surface area contributed by atoms with E-state index in [1.165, 1.54) is 25.5 Å². The summed E-state index contributed by atoms with van der Waals surface area (Å²) >= 11 is 0. The fourth-order valence-corrected chi connectivity index (χ4v) is 6.29. The molecular formula is C24H32N2O4. The quantitative estimate of drug-likeness (QED) is 0.562. The highest BCUT2D eigenvalue weighted by Gasteiger charge is 2.53. The molecule has 4 atom stereocenters. The summed E-state index contributed by atoms with van der Waals surface area (Å²) < 4.78 is 11.2. The second-order valence-electron chi connectivity index (χ2n) is 9.90. The molecule has 0 N–H and O–H groups in total. The Morgan fingerprint density at radius 1 is 1.27 bits per heavy atom. The zero-order valence-electron chi connectivity index (χ0n) is 18.1. The minimum atomic E-state index is -0.0498. The first-order valence-electron chi connectivity index (χ1n) is 11.4. The molecule has 1 aromatic heterocycles. The van der Waals surface area contributed by atoms with Crippen molar-refractivity contribution in [3.05, 3.63) is 35.3 Å². The Labute approximate surface area is 178 Å². The fraction of sp³-hybridized carbons (Fsp3) is 0.667. The van der Waals surface area contributed by atoms with Gasteiger partial charge in [-0.05, 0) is 56.6 Å². The van der Waals surface area contributed by atoms with Gasteiger partial charge in [0.15, 0.2) is 5.76 Å². The van der Waals surface area contributed by atoms with Gasteiger partial charge in [-0.25, -0.2) is 0 Å². The lowest BCUT2D eigenvalue weighted by molar-refractivity contribution is -0.145. The highest BCUT2D eigenvalue weighted by Crippen LogP contribution is 2.55. The van der Waals surface area contributed by atoms with Crippen LogP contribution in [-0.4, -0.2) is 60.5 Å². The van der Waals surface area contributed by atoms with Gasteiger partial charge in [0.1, 0.15) is 6.10 Å². The molecule has 2 aliphatic carbocycles. The molecule has 0 radical (unpaired) electrons. The highest BCUT2D eigenvalue weighted by molar-refractivity contribution is 5.91. The Morgan fingerprint density at radius 2 is 2.07 bits per heavy atom. The number of hydrogen-bond donors (Lipinski definition) is 0. The van der Waals surface area contributed by atoms with Crippen molar-refractivity contribution in [2.24, 2.45) is 17.3 Å². The van der Waals surface area contributed by atoms with Crippen LogP contribution in [0.25, 0.3) is 0 Å². The summed E-state index contributed by atoms with van der Waals surface area (Å²) in [6, 6.07) is 3.45. The van der Waals surface area contributed by atoms with Crippen molar-refractivity contribution in [3.8, 4) is 0 Å². The molecule has 1 saturated carbocycles. The number of carbonyl (C=O) groups is 2. The van der Waals surface area contributed by atoms with E-state index >= 15 is 0 Å². The third-order valence-electron chi connectivity index (χ3n) is 8.03. The van der Waals surface area contributed by atoms with Crippen LogP contribution < -0.4 is 0 Å². The van der Waals surface area contributed by atoms with E-state index in [2.05, 4.69) is 18.7 Å². The molecule has 2 aliphatic heterocycles. The van der Waals surface area contributed by atoms with Crippen LogP contribution in [0.2, 0.25) is 0 Å². The Balaban J connectivity index is 1.23. The molecule has 1 amide bonds. The molecule has 0 spiro atoms. The smallest absolute Gasteiger partial charge is 0.310 e. The number of amides is 1. The van der Waals surface area contributed by atoms with Crippen LogP contribution in [0.4, 0.5) is 0 Å². The Bertz CT molecular complexity index is 853. The van der Waals surface area contributed by atoms with E-state index in [-0.39, 0.29) is 29.3 Å². The molecule has 162 valence electrons. The Kier molecular flexibility index (Phi) is 5.00. The van der Waals surface area contributed by atoms with E-state index in [4.69, 9.17) is 9.15 Å². The first kappa shape index (κ1) is 19.9. The first-order valence-corrected chi connectivity index (χ1v) is 11.4. The van der Waals surface area contributed by atoms with Crippen molar-refractivity contribution in [1.29, 1.82) is 0 Å². The van der Waals surface area contributed by atoms with Crippen LogP contribution in [0.1, 0.15) is 56.5 Å². The molecule has 30 heavy (non-hydrogen) atoms. The largest absolute Gasteiger partial charge is 0.462 e. The van der Waals surface area contributed by atoms with Gasteiger partial charge in [-0.15, -0.1) is 0 Å². The molecule has 4 aliphatic rings. The number of hydrogen-bond acceptors (Lipinski definition) is 5. The second kappa shape index (κ2) is 7.56. The molecule has 6 heteroatoms. The summed E-state index contributed by atoms with van der Waals surface area (Å²) in [4.78, 5) is 29.4. The summed E-state index contributed by atoms with van der Waals surface area (Å²) in [6.45, 7) is 8.30. The number of carbonyl (C=O) groups excluding carboxylic acids is 2. The summed E-state index contributed by atoms with van der Waals surface area (Å²) in [5, 5.41) is 0. The summed E-state index contributed by atoms with van der Waals surface area (Å²) in [5.74, 6) is 0.586. The lowest BCUT2D eigenvalue weighted by atomic mass is 9.59. The summed E-state index contributed by atoms with van der Waals surface area (Å²) in [5.41, 5.74) is 3.37. The van der Waals surface area contributed by atoms with E-state index in [0.717, 1.165) is 32.5 Å². The molecule has 0 aromatic carbocycles. The standard InChI is InChI=1S/C24H32N2O4/c1-16-5-3-7-24(2)14-21-17(13-19(16)24)18(23(28)30-21)15-25-8-10-26(11-9-25)22(27)20-6-4-12-29-20/h4,6,12,17-18,21H,3,5,7-11,13-15H2,1-2H3/t17-,18+,21-,24+/m0/s1. The van der Waals surface area contributed by atoms with Gasteiger partial charge in [0.25, 0.3) is 5.91 Å². The maximum absolute atomic E-state index is 12.8. The van der Waals surface area contributed by atoms with E-state index in [9.17, 15) is 9.59 Å². The Hall–Kier alpha value is -2.08. The first-order chi connectivity index (χ1) is 14.4. The predicted molar refractivity (Wildman–Crippen MR) is 112 cm³/mol. The molecule has 6 nitrogen and oxygen atoms in total. The molecule has 1 aromatic rings. The minimum absolute atomic E-state index is 0.0143. The number of fused-ring (bicyclic) bond motifs is 2. The number of ether oxygens (including phenoxy) is 1. The summed E-state index contributed by atoms with van der Waals surface area (Å²) in [7, 11) is 0. The number of piperazine rings is 1. The van der Waals surface area contributed by atoms with Gasteiger partial charge in [-0.3, -0.25) is 14.5 Å². The molecule has 3 fully saturated rings. The van der Waals surface area contributed by atoms with Crippen molar-refractivity contribution in [1.82, 2.24) is 9.80 Å². The lowest BCUT2D eigenvalue weighted by Gasteiger charge is -2.46. The zero-order chi connectivity index (χ0) is 20.9. The second-order valence-corrected chi connectivity index (χ2v) is 9.90. The van der Waals surface area contributed by atoms with Gasteiger partial charge in [-0.1, -0.05) is 18.1 Å². The number of rotatable bonds is 3. The average Bonchev–Trinajstić information content (AvgIpc) is 3.35. The average molecular weight is 413 g/mol. The van der Waals surface area contributed by atoms with Gasteiger partial charge in [0.2, 0.25) is 0 Å². The van der Waals surface area contributed by atoms with Gasteiger partial charge < -0.3 is 14.1 Å². The zero-order valence-corrected chi connectivity index (χ0v) is 18.1. The van der Waals surface area contributed by atoms with Crippen molar-refractivity contribution in [2.45, 2.75) is 52.1 Å². The van der Waals surface area contributed by atoms with Gasteiger partial charge in [0.05, 0.1) is 12.2 Å². The van der Waals surface area contributed by atoms with Crippen LogP contribution in [0, 0.1) is 17.3 Å². The van der Waals surface area contributed by atoms with Gasteiger partial charge >= 0.3 is 5.97 Å². The minimum Gasteiger partial charge on any atom is -0.462 e. The highest BCUT2D eigenvalue weighted by atomic mass is 16.6. The fourth-order valence-electron chi connectivity index (χ4n) is 6.29. The summed E-state index contributed by atoms with van der Waals surface area (Å²) in [6.07, 6.45) is 7.28. The number of esters is 1. The maximum Gasteiger partial charge on any atom is 0.310 e.